The lowest BCUT2D eigenvalue weighted by Gasteiger charge is -2.06. The van der Waals surface area contributed by atoms with Crippen LogP contribution in [-0.4, -0.2) is 65.3 Å². The highest BCUT2D eigenvalue weighted by molar-refractivity contribution is 5.72. The first kappa shape index (κ1) is 19.5. The minimum absolute atomic E-state index is 0.338. The van der Waals surface area contributed by atoms with Crippen LogP contribution in [0.15, 0.2) is 10.3 Å². The number of oxime groups is 1. The lowest BCUT2D eigenvalue weighted by molar-refractivity contribution is -0.00111. The van der Waals surface area contributed by atoms with Crippen molar-refractivity contribution in [3.8, 4) is 0 Å². The zero-order valence-corrected chi connectivity index (χ0v) is 12.7. The third kappa shape index (κ3) is 16.4. The Morgan fingerprint density at radius 2 is 1.52 bits per heavy atom. The first-order chi connectivity index (χ1) is 10.3. The molecule has 0 saturated heterocycles. The molecular formula is C12H24N4O5. The van der Waals surface area contributed by atoms with Gasteiger partial charge in [-0.2, -0.15) is 0 Å². The van der Waals surface area contributed by atoms with Gasteiger partial charge < -0.3 is 23.8 Å². The summed E-state index contributed by atoms with van der Waals surface area (Å²) >= 11 is 0. The molecule has 0 aliphatic carbocycles. The van der Waals surface area contributed by atoms with Crippen molar-refractivity contribution in [2.45, 2.75) is 13.8 Å². The van der Waals surface area contributed by atoms with E-state index in [1.165, 1.54) is 0 Å². The third-order valence-corrected chi connectivity index (χ3v) is 2.01. The molecule has 0 amide bonds. The molecule has 0 aliphatic heterocycles. The van der Waals surface area contributed by atoms with E-state index in [9.17, 15) is 0 Å². The fourth-order valence-corrected chi connectivity index (χ4v) is 1.16. The fraction of sp³-hybridized carbons (Fsp3) is 0.917. The molecule has 122 valence electrons. The molecule has 0 N–H and O–H groups in total. The molecule has 0 spiro atoms. The van der Waals surface area contributed by atoms with Gasteiger partial charge in [0.15, 0.2) is 0 Å². The van der Waals surface area contributed by atoms with Crippen LogP contribution in [0.2, 0.25) is 0 Å². The van der Waals surface area contributed by atoms with Crippen LogP contribution >= 0.6 is 0 Å². The highest BCUT2D eigenvalue weighted by Gasteiger charge is 1.93. The molecule has 9 heteroatoms. The molecular weight excluding hydrogens is 280 g/mol. The lowest BCUT2D eigenvalue weighted by Crippen LogP contribution is -2.12. The molecule has 0 bridgehead atoms. The van der Waals surface area contributed by atoms with Crippen molar-refractivity contribution in [3.63, 3.8) is 0 Å². The summed E-state index contributed by atoms with van der Waals surface area (Å²) in [4.78, 5) is 7.60. The van der Waals surface area contributed by atoms with Crippen LogP contribution in [0.5, 0.6) is 0 Å². The largest absolute Gasteiger partial charge is 0.479 e. The van der Waals surface area contributed by atoms with Gasteiger partial charge in [-0.1, -0.05) is 10.3 Å². The van der Waals surface area contributed by atoms with Gasteiger partial charge in [-0.05, 0) is 12.5 Å². The maximum absolute atomic E-state index is 8.04. The molecule has 0 unspecified atom stereocenters. The van der Waals surface area contributed by atoms with Gasteiger partial charge in [-0.3, -0.25) is 0 Å². The van der Waals surface area contributed by atoms with Crippen molar-refractivity contribution in [1.82, 2.24) is 0 Å². The molecule has 0 rings (SSSR count). The van der Waals surface area contributed by atoms with Gasteiger partial charge in [0.05, 0.1) is 46.2 Å². The number of nitrogens with zero attached hydrogens (tertiary/aromatic N) is 4. The Morgan fingerprint density at radius 1 is 0.952 bits per heavy atom. The van der Waals surface area contributed by atoms with E-state index in [2.05, 4.69) is 15.2 Å². The highest BCUT2D eigenvalue weighted by atomic mass is 16.7. The summed E-state index contributed by atoms with van der Waals surface area (Å²) in [6.07, 6.45) is 0. The van der Waals surface area contributed by atoms with E-state index in [4.69, 9.17) is 29.3 Å². The second-order valence-electron chi connectivity index (χ2n) is 3.67. The molecule has 0 aromatic carbocycles. The third-order valence-electron chi connectivity index (χ3n) is 2.01. The van der Waals surface area contributed by atoms with Crippen molar-refractivity contribution < 1.29 is 23.8 Å². The van der Waals surface area contributed by atoms with Crippen molar-refractivity contribution in [2.24, 2.45) is 10.3 Å². The average molecular weight is 304 g/mol. The van der Waals surface area contributed by atoms with E-state index in [0.29, 0.717) is 65.3 Å². The minimum atomic E-state index is 0.338. The zero-order valence-electron chi connectivity index (χ0n) is 12.7. The molecule has 9 nitrogen and oxygen atoms in total. The lowest BCUT2D eigenvalue weighted by atomic mass is 10.7. The van der Waals surface area contributed by atoms with Crippen LogP contribution in [0.1, 0.15) is 13.8 Å². The fourth-order valence-electron chi connectivity index (χ4n) is 1.16. The summed E-state index contributed by atoms with van der Waals surface area (Å²) in [7, 11) is 0. The average Bonchev–Trinajstić information content (AvgIpc) is 2.48. The number of ether oxygens (including phenoxy) is 4. The van der Waals surface area contributed by atoms with Crippen LogP contribution in [-0.2, 0) is 23.8 Å². The van der Waals surface area contributed by atoms with Crippen LogP contribution in [0.3, 0.4) is 0 Å². The first-order valence-corrected chi connectivity index (χ1v) is 6.84. The molecule has 0 radical (unpaired) electrons. The van der Waals surface area contributed by atoms with E-state index in [1.54, 1.807) is 6.92 Å². The van der Waals surface area contributed by atoms with E-state index in [0.717, 1.165) is 0 Å². The Kier molecular flexibility index (Phi) is 15.3. The van der Waals surface area contributed by atoms with E-state index in [-0.39, 0.29) is 0 Å². The SMILES string of the molecule is CCOC(C)=NOCCOCCOCCOCCN=[N+]=[N-]. The maximum Gasteiger partial charge on any atom is 0.222 e. The van der Waals surface area contributed by atoms with Gasteiger partial charge in [0, 0.05) is 18.4 Å². The molecule has 0 saturated carbocycles. The molecule has 0 atom stereocenters. The van der Waals surface area contributed by atoms with Gasteiger partial charge in [0.25, 0.3) is 0 Å². The number of hydrogen-bond acceptors (Lipinski definition) is 7. The van der Waals surface area contributed by atoms with Crippen molar-refractivity contribution in [3.05, 3.63) is 10.4 Å². The standard InChI is InChI=1S/C12H24N4O5/c1-3-20-12(2)15-21-11-10-19-9-8-18-7-6-17-5-4-14-16-13/h3-11H2,1-2H3. The summed E-state index contributed by atoms with van der Waals surface area (Å²) in [5.74, 6) is 0.501. The Labute approximate surface area is 124 Å². The Morgan fingerprint density at radius 3 is 2.10 bits per heavy atom. The van der Waals surface area contributed by atoms with Crippen molar-refractivity contribution in [2.75, 3.05) is 59.4 Å². The number of azide groups is 1. The van der Waals surface area contributed by atoms with Gasteiger partial charge in [0.1, 0.15) is 6.61 Å². The summed E-state index contributed by atoms with van der Waals surface area (Å²) in [6.45, 7) is 7.65. The van der Waals surface area contributed by atoms with Crippen LogP contribution < -0.4 is 0 Å². The summed E-state index contributed by atoms with van der Waals surface area (Å²) in [6, 6.07) is 0. The van der Waals surface area contributed by atoms with Gasteiger partial charge in [0.2, 0.25) is 5.90 Å². The van der Waals surface area contributed by atoms with Gasteiger partial charge in [-0.25, -0.2) is 0 Å². The molecule has 0 aliphatic rings. The van der Waals surface area contributed by atoms with Gasteiger partial charge in [-0.15, -0.1) is 0 Å². The zero-order chi connectivity index (χ0) is 15.6. The van der Waals surface area contributed by atoms with E-state index in [1.807, 2.05) is 6.92 Å². The second-order valence-corrected chi connectivity index (χ2v) is 3.67. The minimum Gasteiger partial charge on any atom is -0.479 e. The number of hydrogen-bond donors (Lipinski definition) is 0. The van der Waals surface area contributed by atoms with Crippen LogP contribution in [0.4, 0.5) is 0 Å². The normalized spacial score (nSPS) is 11.0. The molecule has 0 heterocycles. The summed E-state index contributed by atoms with van der Waals surface area (Å²) in [5, 5.41) is 7.08. The monoisotopic (exact) mass is 304 g/mol. The van der Waals surface area contributed by atoms with E-state index >= 15 is 0 Å². The van der Waals surface area contributed by atoms with Crippen molar-refractivity contribution >= 4 is 5.90 Å². The maximum atomic E-state index is 8.04. The van der Waals surface area contributed by atoms with Crippen LogP contribution in [0.25, 0.3) is 10.4 Å². The Bertz CT molecular complexity index is 308. The topological polar surface area (TPSA) is 107 Å². The number of rotatable bonds is 14. The Balaban J connectivity index is 3.12. The molecule has 21 heavy (non-hydrogen) atoms. The van der Waals surface area contributed by atoms with Crippen LogP contribution in [0, 0.1) is 0 Å². The second kappa shape index (κ2) is 16.5. The van der Waals surface area contributed by atoms with Crippen molar-refractivity contribution in [1.29, 1.82) is 0 Å². The molecule has 0 fully saturated rings. The van der Waals surface area contributed by atoms with Gasteiger partial charge >= 0.3 is 0 Å². The smallest absolute Gasteiger partial charge is 0.222 e. The Hall–Kier alpha value is -1.54. The predicted molar refractivity (Wildman–Crippen MR) is 77.2 cm³/mol. The molecule has 0 aromatic rings. The predicted octanol–water partition coefficient (Wildman–Crippen LogP) is 1.73. The quantitative estimate of drug-likeness (QED) is 0.0923. The highest BCUT2D eigenvalue weighted by Crippen LogP contribution is 1.86. The molecule has 0 aromatic heterocycles. The summed E-state index contributed by atoms with van der Waals surface area (Å²) < 4.78 is 20.8. The first-order valence-electron chi connectivity index (χ1n) is 6.84. The summed E-state index contributed by atoms with van der Waals surface area (Å²) in [5.41, 5.74) is 8.04. The van der Waals surface area contributed by atoms with E-state index < -0.39 is 0 Å².